The molecular formula is C34H42N2. The number of hydrogen-bond donors (Lipinski definition) is 1. The number of anilines is 1. The summed E-state index contributed by atoms with van der Waals surface area (Å²) in [5, 5.41) is 3.32. The molecule has 0 radical (unpaired) electrons. The van der Waals surface area contributed by atoms with E-state index < -0.39 is 0 Å². The van der Waals surface area contributed by atoms with Crippen molar-refractivity contribution in [2.24, 2.45) is 0 Å². The molecule has 0 amide bonds. The van der Waals surface area contributed by atoms with Crippen molar-refractivity contribution < 1.29 is 0 Å². The molecule has 1 aliphatic heterocycles. The highest BCUT2D eigenvalue weighted by Gasteiger charge is 2.24. The molecule has 1 heterocycles. The van der Waals surface area contributed by atoms with Crippen LogP contribution in [-0.2, 0) is 0 Å². The lowest BCUT2D eigenvalue weighted by Crippen LogP contribution is -2.40. The zero-order valence-corrected chi connectivity index (χ0v) is 22.3. The second kappa shape index (κ2) is 12.7. The lowest BCUT2D eigenvalue weighted by molar-refractivity contribution is 0.144. The Bertz CT molecular complexity index is 1130. The van der Waals surface area contributed by atoms with E-state index in [1.54, 1.807) is 6.20 Å². The molecule has 0 aliphatic carbocycles. The quantitative estimate of drug-likeness (QED) is 0.292. The molecule has 0 saturated carbocycles. The first kappa shape index (κ1) is 26.0. The maximum Gasteiger partial charge on any atom is 0.0453 e. The van der Waals surface area contributed by atoms with Crippen LogP contribution < -0.4 is 5.32 Å². The Hall–Kier alpha value is -3.10. The normalized spacial score (nSPS) is 15.3. The van der Waals surface area contributed by atoms with Crippen LogP contribution in [0.2, 0.25) is 0 Å². The summed E-state index contributed by atoms with van der Waals surface area (Å²) >= 11 is 0. The lowest BCUT2D eigenvalue weighted by atomic mass is 9.87. The summed E-state index contributed by atoms with van der Waals surface area (Å²) in [4.78, 5) is 2.71. The number of likely N-dealkylation sites (tertiary alicyclic amines) is 1. The monoisotopic (exact) mass is 478 g/mol. The molecule has 0 atom stereocenters. The molecule has 0 unspecified atom stereocenters. The number of nitrogens with zero attached hydrogens (tertiary/aromatic N) is 1. The highest BCUT2D eigenvalue weighted by Crippen LogP contribution is 2.33. The highest BCUT2D eigenvalue weighted by molar-refractivity contribution is 5.87. The zero-order valence-electron chi connectivity index (χ0n) is 22.3. The molecule has 0 aromatic heterocycles. The SMILES string of the molecule is C=CNc1ccc(-c2ccc(C3CCN(C(CC)CC)CC3)cc2)cc1/C=C(\CC)c1ccccc1. The van der Waals surface area contributed by atoms with Crippen molar-refractivity contribution in [1.29, 1.82) is 0 Å². The second-order valence-corrected chi connectivity index (χ2v) is 9.94. The zero-order chi connectivity index (χ0) is 25.3. The largest absolute Gasteiger partial charge is 0.362 e. The Morgan fingerprint density at radius 3 is 2.19 bits per heavy atom. The predicted molar refractivity (Wildman–Crippen MR) is 158 cm³/mol. The summed E-state index contributed by atoms with van der Waals surface area (Å²) < 4.78 is 0. The van der Waals surface area contributed by atoms with Gasteiger partial charge in [0, 0.05) is 11.7 Å². The first-order valence-corrected chi connectivity index (χ1v) is 13.8. The highest BCUT2D eigenvalue weighted by atomic mass is 15.2. The molecule has 1 fully saturated rings. The molecule has 1 aliphatic rings. The van der Waals surface area contributed by atoms with Gasteiger partial charge in [0.1, 0.15) is 0 Å². The van der Waals surface area contributed by atoms with Crippen LogP contribution in [0.4, 0.5) is 5.69 Å². The van der Waals surface area contributed by atoms with Crippen LogP contribution in [0.25, 0.3) is 22.8 Å². The molecule has 36 heavy (non-hydrogen) atoms. The first-order valence-electron chi connectivity index (χ1n) is 13.8. The average molecular weight is 479 g/mol. The minimum atomic E-state index is 0.681. The van der Waals surface area contributed by atoms with Crippen molar-refractivity contribution in [3.63, 3.8) is 0 Å². The Kier molecular flexibility index (Phi) is 9.19. The summed E-state index contributed by atoms with van der Waals surface area (Å²) in [6.45, 7) is 13.2. The molecular weight excluding hydrogens is 436 g/mol. The lowest BCUT2D eigenvalue weighted by Gasteiger charge is -2.37. The fourth-order valence-corrected chi connectivity index (χ4v) is 5.68. The van der Waals surface area contributed by atoms with Crippen LogP contribution >= 0.6 is 0 Å². The summed E-state index contributed by atoms with van der Waals surface area (Å²) in [5.74, 6) is 0.681. The molecule has 1 N–H and O–H groups in total. The fourth-order valence-electron chi connectivity index (χ4n) is 5.68. The van der Waals surface area contributed by atoms with Crippen LogP contribution in [0, 0.1) is 0 Å². The molecule has 1 saturated heterocycles. The maximum atomic E-state index is 3.88. The molecule has 3 aromatic rings. The van der Waals surface area contributed by atoms with Crippen LogP contribution in [0.1, 0.15) is 75.5 Å². The average Bonchev–Trinajstić information content (AvgIpc) is 2.94. The van der Waals surface area contributed by atoms with Gasteiger partial charge in [-0.05, 0) is 109 Å². The minimum Gasteiger partial charge on any atom is -0.362 e. The van der Waals surface area contributed by atoms with Gasteiger partial charge in [0.05, 0.1) is 0 Å². The Morgan fingerprint density at radius 1 is 0.917 bits per heavy atom. The standard InChI is InChI=1S/C34H42N2/c1-5-26(27-12-10-9-11-13-27)24-32-25-31(18-19-34(32)35-8-4)29-16-14-28(15-17-29)30-20-22-36(23-21-30)33(6-2)7-3/h8-19,24-25,30,33,35H,4-7,20-23H2,1-3H3/b26-24+. The van der Waals surface area contributed by atoms with Crippen molar-refractivity contribution in [1.82, 2.24) is 4.90 Å². The van der Waals surface area contributed by atoms with E-state index >= 15 is 0 Å². The Labute approximate surface area is 218 Å². The summed E-state index contributed by atoms with van der Waals surface area (Å²) in [5.41, 5.74) is 8.87. The summed E-state index contributed by atoms with van der Waals surface area (Å²) in [6, 6.07) is 27.4. The van der Waals surface area contributed by atoms with E-state index in [2.05, 4.69) is 116 Å². The third kappa shape index (κ3) is 6.17. The number of nitrogens with one attached hydrogen (secondary N) is 1. The van der Waals surface area contributed by atoms with Crippen molar-refractivity contribution in [3.8, 4) is 11.1 Å². The van der Waals surface area contributed by atoms with Gasteiger partial charge in [-0.3, -0.25) is 0 Å². The first-order chi connectivity index (χ1) is 17.7. The van der Waals surface area contributed by atoms with Gasteiger partial charge in [-0.1, -0.05) is 88.0 Å². The Balaban J connectivity index is 1.55. The third-order valence-corrected chi connectivity index (χ3v) is 7.87. The molecule has 2 heteroatoms. The van der Waals surface area contributed by atoms with Gasteiger partial charge in [-0.15, -0.1) is 0 Å². The van der Waals surface area contributed by atoms with Crippen molar-refractivity contribution in [2.75, 3.05) is 18.4 Å². The molecule has 0 spiro atoms. The summed E-state index contributed by atoms with van der Waals surface area (Å²) in [7, 11) is 0. The van der Waals surface area contributed by atoms with Crippen molar-refractivity contribution in [2.45, 2.75) is 64.8 Å². The van der Waals surface area contributed by atoms with E-state index in [4.69, 9.17) is 0 Å². The number of rotatable bonds is 10. The van der Waals surface area contributed by atoms with Gasteiger partial charge in [-0.25, -0.2) is 0 Å². The van der Waals surface area contributed by atoms with Crippen LogP contribution in [0.5, 0.6) is 0 Å². The molecule has 2 nitrogen and oxygen atoms in total. The number of allylic oxidation sites excluding steroid dienone is 1. The maximum absolute atomic E-state index is 3.88. The van der Waals surface area contributed by atoms with Crippen molar-refractivity contribution in [3.05, 3.63) is 102 Å². The predicted octanol–water partition coefficient (Wildman–Crippen LogP) is 9.23. The Morgan fingerprint density at radius 2 is 1.58 bits per heavy atom. The van der Waals surface area contributed by atoms with Crippen LogP contribution in [-0.4, -0.2) is 24.0 Å². The van der Waals surface area contributed by atoms with Crippen LogP contribution in [0.3, 0.4) is 0 Å². The number of hydrogen-bond acceptors (Lipinski definition) is 2. The van der Waals surface area contributed by atoms with E-state index in [0.717, 1.165) is 18.2 Å². The summed E-state index contributed by atoms with van der Waals surface area (Å²) in [6.07, 6.45) is 10.1. The molecule has 3 aromatic carbocycles. The van der Waals surface area contributed by atoms with Gasteiger partial charge < -0.3 is 10.2 Å². The van der Waals surface area contributed by atoms with Crippen molar-refractivity contribution >= 4 is 17.3 Å². The number of piperidine rings is 1. The van der Waals surface area contributed by atoms with E-state index in [9.17, 15) is 0 Å². The fraction of sp³-hybridized carbons (Fsp3) is 0.353. The van der Waals surface area contributed by atoms with Gasteiger partial charge in [0.25, 0.3) is 0 Å². The van der Waals surface area contributed by atoms with E-state index in [1.165, 1.54) is 72.2 Å². The van der Waals surface area contributed by atoms with Crippen LogP contribution in [0.15, 0.2) is 85.6 Å². The third-order valence-electron chi connectivity index (χ3n) is 7.87. The van der Waals surface area contributed by atoms with E-state index in [1.807, 2.05) is 0 Å². The second-order valence-electron chi connectivity index (χ2n) is 9.94. The molecule has 0 bridgehead atoms. The molecule has 4 rings (SSSR count). The number of benzene rings is 3. The minimum absolute atomic E-state index is 0.681. The van der Waals surface area contributed by atoms with Gasteiger partial charge >= 0.3 is 0 Å². The molecule has 188 valence electrons. The van der Waals surface area contributed by atoms with E-state index in [-0.39, 0.29) is 0 Å². The smallest absolute Gasteiger partial charge is 0.0453 e. The van der Waals surface area contributed by atoms with Gasteiger partial charge in [-0.2, -0.15) is 0 Å². The van der Waals surface area contributed by atoms with Gasteiger partial charge in [0.15, 0.2) is 0 Å². The van der Waals surface area contributed by atoms with Gasteiger partial charge in [0.2, 0.25) is 0 Å². The topological polar surface area (TPSA) is 15.3 Å². The van der Waals surface area contributed by atoms with E-state index in [0.29, 0.717) is 5.92 Å².